The molecule has 0 saturated heterocycles. The van der Waals surface area contributed by atoms with Crippen LogP contribution in [0.5, 0.6) is 0 Å². The molecule has 2 amide bonds. The lowest BCUT2D eigenvalue weighted by molar-refractivity contribution is -0.137. The average molecular weight is 233 g/mol. The van der Waals surface area contributed by atoms with Crippen LogP contribution in [0.3, 0.4) is 0 Å². The summed E-state index contributed by atoms with van der Waals surface area (Å²) in [6.07, 6.45) is 0. The molecule has 5 nitrogen and oxygen atoms in total. The molecule has 2 rings (SSSR count). The minimum Gasteiger partial charge on any atom is -0.480 e. The highest BCUT2D eigenvalue weighted by molar-refractivity contribution is 6.23. The molecule has 0 atom stereocenters. The first-order valence-corrected chi connectivity index (χ1v) is 5.11. The minimum atomic E-state index is -1.20. The summed E-state index contributed by atoms with van der Waals surface area (Å²) in [6.45, 7) is 2.87. The Labute approximate surface area is 97.7 Å². The number of hydrogen-bond acceptors (Lipinski definition) is 3. The molecular weight excluding hydrogens is 222 g/mol. The quantitative estimate of drug-likeness (QED) is 0.773. The second kappa shape index (κ2) is 3.69. The largest absolute Gasteiger partial charge is 0.480 e. The van der Waals surface area contributed by atoms with E-state index in [4.69, 9.17) is 5.11 Å². The van der Waals surface area contributed by atoms with E-state index in [0.717, 1.165) is 4.90 Å². The molecule has 1 heterocycles. The van der Waals surface area contributed by atoms with E-state index < -0.39 is 24.3 Å². The average Bonchev–Trinajstić information content (AvgIpc) is 2.49. The normalized spacial score (nSPS) is 14.1. The van der Waals surface area contributed by atoms with Crippen molar-refractivity contribution in [3.8, 4) is 0 Å². The van der Waals surface area contributed by atoms with Crippen LogP contribution in [0, 0.1) is 13.8 Å². The van der Waals surface area contributed by atoms with Crippen molar-refractivity contribution in [1.29, 1.82) is 0 Å². The molecule has 0 spiro atoms. The number of amides is 2. The van der Waals surface area contributed by atoms with Crippen LogP contribution < -0.4 is 0 Å². The third kappa shape index (κ3) is 1.60. The third-order valence-electron chi connectivity index (χ3n) is 2.83. The summed E-state index contributed by atoms with van der Waals surface area (Å²) in [5.41, 5.74) is 2.04. The maximum Gasteiger partial charge on any atom is 0.323 e. The van der Waals surface area contributed by atoms with E-state index in [1.165, 1.54) is 0 Å². The number of carboxylic acid groups (broad SMARTS) is 1. The van der Waals surface area contributed by atoms with E-state index in [0.29, 0.717) is 22.3 Å². The van der Waals surface area contributed by atoms with Crippen LogP contribution in [0.4, 0.5) is 0 Å². The van der Waals surface area contributed by atoms with E-state index in [1.54, 1.807) is 26.0 Å². The summed E-state index contributed by atoms with van der Waals surface area (Å²) >= 11 is 0. The van der Waals surface area contributed by atoms with Crippen LogP contribution in [-0.4, -0.2) is 34.3 Å². The summed E-state index contributed by atoms with van der Waals surface area (Å²) in [7, 11) is 0. The Bertz CT molecular complexity index is 507. The van der Waals surface area contributed by atoms with Gasteiger partial charge >= 0.3 is 5.97 Å². The second-order valence-corrected chi connectivity index (χ2v) is 4.04. The first kappa shape index (κ1) is 11.3. The van der Waals surface area contributed by atoms with Gasteiger partial charge < -0.3 is 5.11 Å². The van der Waals surface area contributed by atoms with Gasteiger partial charge in [-0.25, -0.2) is 0 Å². The van der Waals surface area contributed by atoms with Crippen molar-refractivity contribution in [2.45, 2.75) is 13.8 Å². The van der Waals surface area contributed by atoms with Gasteiger partial charge in [-0.3, -0.25) is 19.3 Å². The molecule has 0 aromatic heterocycles. The third-order valence-corrected chi connectivity index (χ3v) is 2.83. The molecule has 1 aromatic carbocycles. The topological polar surface area (TPSA) is 74.7 Å². The van der Waals surface area contributed by atoms with Crippen molar-refractivity contribution in [2.75, 3.05) is 6.54 Å². The summed E-state index contributed by atoms with van der Waals surface area (Å²) in [5, 5.41) is 8.68. The van der Waals surface area contributed by atoms with Crippen molar-refractivity contribution in [3.63, 3.8) is 0 Å². The van der Waals surface area contributed by atoms with Gasteiger partial charge in [0, 0.05) is 0 Å². The lowest BCUT2D eigenvalue weighted by Gasteiger charge is -2.09. The number of carbonyl (C=O) groups excluding carboxylic acids is 2. The smallest absolute Gasteiger partial charge is 0.323 e. The molecule has 1 aromatic rings. The molecule has 0 aliphatic carbocycles. The van der Waals surface area contributed by atoms with E-state index in [1.807, 2.05) is 0 Å². The fourth-order valence-corrected chi connectivity index (χ4v) is 2.00. The van der Waals surface area contributed by atoms with Crippen molar-refractivity contribution < 1.29 is 19.5 Å². The molecule has 1 aliphatic heterocycles. The Morgan fingerprint density at radius 3 is 1.88 bits per heavy atom. The van der Waals surface area contributed by atoms with Crippen LogP contribution in [0.2, 0.25) is 0 Å². The standard InChI is InChI=1S/C12H11NO4/c1-6-3-4-7(2)10-9(6)11(16)13(12(10)17)5-8(14)15/h3-4H,5H2,1-2H3,(H,14,15). The number of benzene rings is 1. The Kier molecular flexibility index (Phi) is 2.46. The monoisotopic (exact) mass is 233 g/mol. The first-order valence-electron chi connectivity index (χ1n) is 5.11. The van der Waals surface area contributed by atoms with Gasteiger partial charge in [0.1, 0.15) is 6.54 Å². The van der Waals surface area contributed by atoms with Crippen LogP contribution >= 0.6 is 0 Å². The number of aliphatic carboxylic acids is 1. The summed E-state index contributed by atoms with van der Waals surface area (Å²) in [5.74, 6) is -2.24. The lowest BCUT2D eigenvalue weighted by Crippen LogP contribution is -2.34. The van der Waals surface area contributed by atoms with Crippen LogP contribution in [0.1, 0.15) is 31.8 Å². The fraction of sp³-hybridized carbons (Fsp3) is 0.250. The van der Waals surface area contributed by atoms with Gasteiger partial charge in [0.15, 0.2) is 0 Å². The van der Waals surface area contributed by atoms with Gasteiger partial charge in [-0.15, -0.1) is 0 Å². The summed E-state index contributed by atoms with van der Waals surface area (Å²) < 4.78 is 0. The maximum absolute atomic E-state index is 12.0. The molecule has 0 radical (unpaired) electrons. The van der Waals surface area contributed by atoms with Gasteiger partial charge in [-0.2, -0.15) is 0 Å². The van der Waals surface area contributed by atoms with Gasteiger partial charge in [0.2, 0.25) is 0 Å². The molecule has 0 saturated carbocycles. The van der Waals surface area contributed by atoms with E-state index in [-0.39, 0.29) is 0 Å². The second-order valence-electron chi connectivity index (χ2n) is 4.04. The van der Waals surface area contributed by atoms with Gasteiger partial charge in [0.25, 0.3) is 11.8 Å². The number of nitrogens with zero attached hydrogens (tertiary/aromatic N) is 1. The zero-order valence-corrected chi connectivity index (χ0v) is 9.48. The highest BCUT2D eigenvalue weighted by Crippen LogP contribution is 2.28. The number of aryl methyl sites for hydroxylation is 2. The summed E-state index contributed by atoms with van der Waals surface area (Å²) in [6, 6.07) is 3.51. The van der Waals surface area contributed by atoms with Crippen molar-refractivity contribution in [3.05, 3.63) is 34.4 Å². The molecule has 17 heavy (non-hydrogen) atoms. The van der Waals surface area contributed by atoms with E-state index in [9.17, 15) is 14.4 Å². The first-order chi connectivity index (χ1) is 7.93. The fourth-order valence-electron chi connectivity index (χ4n) is 2.00. The van der Waals surface area contributed by atoms with Crippen LogP contribution in [0.25, 0.3) is 0 Å². The van der Waals surface area contributed by atoms with Crippen molar-refractivity contribution in [2.24, 2.45) is 0 Å². The Hall–Kier alpha value is -2.17. The van der Waals surface area contributed by atoms with Gasteiger partial charge in [-0.1, -0.05) is 12.1 Å². The highest BCUT2D eigenvalue weighted by atomic mass is 16.4. The van der Waals surface area contributed by atoms with E-state index in [2.05, 4.69) is 0 Å². The van der Waals surface area contributed by atoms with E-state index >= 15 is 0 Å². The van der Waals surface area contributed by atoms with Crippen molar-refractivity contribution >= 4 is 17.8 Å². The SMILES string of the molecule is Cc1ccc(C)c2c1C(=O)N(CC(=O)O)C2=O. The number of imide groups is 1. The predicted molar refractivity (Wildman–Crippen MR) is 58.9 cm³/mol. The minimum absolute atomic E-state index is 0.330. The molecule has 1 N–H and O–H groups in total. The number of fused-ring (bicyclic) bond motifs is 1. The molecule has 0 unspecified atom stereocenters. The Balaban J connectivity index is 2.56. The Morgan fingerprint density at radius 1 is 1.12 bits per heavy atom. The van der Waals surface area contributed by atoms with Crippen molar-refractivity contribution in [1.82, 2.24) is 4.90 Å². The number of rotatable bonds is 2. The Morgan fingerprint density at radius 2 is 1.53 bits per heavy atom. The number of carbonyl (C=O) groups is 3. The predicted octanol–water partition coefficient (Wildman–Crippen LogP) is 0.984. The molecule has 1 aliphatic rings. The van der Waals surface area contributed by atoms with Gasteiger partial charge in [-0.05, 0) is 25.0 Å². The lowest BCUT2D eigenvalue weighted by atomic mass is 9.99. The number of hydrogen-bond donors (Lipinski definition) is 1. The zero-order valence-electron chi connectivity index (χ0n) is 9.48. The van der Waals surface area contributed by atoms with Crippen LogP contribution in [-0.2, 0) is 4.79 Å². The highest BCUT2D eigenvalue weighted by Gasteiger charge is 2.38. The molecule has 5 heteroatoms. The zero-order chi connectivity index (χ0) is 12.7. The molecule has 0 fully saturated rings. The van der Waals surface area contributed by atoms with Crippen LogP contribution in [0.15, 0.2) is 12.1 Å². The number of carboxylic acids is 1. The molecule has 88 valence electrons. The molecule has 0 bridgehead atoms. The van der Waals surface area contributed by atoms with Gasteiger partial charge in [0.05, 0.1) is 11.1 Å². The summed E-state index contributed by atoms with van der Waals surface area (Å²) in [4.78, 5) is 35.3. The molecular formula is C12H11NO4. The maximum atomic E-state index is 12.0.